The fourth-order valence-corrected chi connectivity index (χ4v) is 5.43. The number of carbonyl (C=O) groups is 2. The minimum Gasteiger partial charge on any atom is -0.497 e. The predicted octanol–water partition coefficient (Wildman–Crippen LogP) is 4.53. The van der Waals surface area contributed by atoms with Crippen LogP contribution in [0, 0.1) is 18.7 Å². The van der Waals surface area contributed by atoms with E-state index in [0.29, 0.717) is 12.3 Å². The Morgan fingerprint density at radius 3 is 2.15 bits per heavy atom. The number of nitrogens with one attached hydrogen (secondary N) is 1. The molecule has 0 aliphatic heterocycles. The van der Waals surface area contributed by atoms with Crippen LogP contribution < -0.4 is 14.4 Å². The summed E-state index contributed by atoms with van der Waals surface area (Å²) in [5, 5.41) is 2.86. The molecule has 0 saturated carbocycles. The third-order valence-corrected chi connectivity index (χ3v) is 8.28. The molecular formula is C30H36FN3O5S. The van der Waals surface area contributed by atoms with Crippen LogP contribution in [-0.2, 0) is 26.2 Å². The maximum absolute atomic E-state index is 13.9. The number of hydrogen-bond donors (Lipinski definition) is 1. The van der Waals surface area contributed by atoms with E-state index in [2.05, 4.69) is 5.32 Å². The lowest BCUT2D eigenvalue weighted by Crippen LogP contribution is -2.51. The number of nitrogens with zero attached hydrogens (tertiary/aromatic N) is 2. The van der Waals surface area contributed by atoms with Gasteiger partial charge in [-0.25, -0.2) is 12.8 Å². The lowest BCUT2D eigenvalue weighted by Gasteiger charge is -2.32. The molecule has 0 aliphatic rings. The van der Waals surface area contributed by atoms with E-state index < -0.39 is 34.3 Å². The fourth-order valence-electron chi connectivity index (χ4n) is 4.02. The number of rotatable bonds is 12. The molecule has 3 aromatic rings. The second kappa shape index (κ2) is 13.4. The van der Waals surface area contributed by atoms with Crippen LogP contribution in [0.2, 0.25) is 0 Å². The van der Waals surface area contributed by atoms with Gasteiger partial charge in [0.05, 0.1) is 17.7 Å². The minimum atomic E-state index is -4.26. The van der Waals surface area contributed by atoms with Gasteiger partial charge >= 0.3 is 0 Å². The summed E-state index contributed by atoms with van der Waals surface area (Å²) in [6.07, 6.45) is 0. The minimum absolute atomic E-state index is 0.0707. The van der Waals surface area contributed by atoms with E-state index in [-0.39, 0.29) is 29.0 Å². The summed E-state index contributed by atoms with van der Waals surface area (Å²) in [4.78, 5) is 28.3. The highest BCUT2D eigenvalue weighted by Crippen LogP contribution is 2.26. The smallest absolute Gasteiger partial charge is 0.264 e. The highest BCUT2D eigenvalue weighted by Gasteiger charge is 2.32. The van der Waals surface area contributed by atoms with Gasteiger partial charge in [0.1, 0.15) is 24.2 Å². The number of sulfonamides is 1. The normalized spacial score (nSPS) is 12.1. The SMILES string of the molecule is COc1ccc(S(=O)(=O)N(CC(=O)N(Cc2ccccc2C)[C@@H](C)C(=O)NCC(C)C)c2ccc(F)cc2)cc1. The summed E-state index contributed by atoms with van der Waals surface area (Å²) in [6, 6.07) is 17.2. The van der Waals surface area contributed by atoms with Crippen molar-refractivity contribution in [1.29, 1.82) is 0 Å². The highest BCUT2D eigenvalue weighted by atomic mass is 32.2. The molecule has 0 radical (unpaired) electrons. The number of carbonyl (C=O) groups excluding carboxylic acids is 2. The van der Waals surface area contributed by atoms with Gasteiger partial charge < -0.3 is 15.0 Å². The molecule has 0 spiro atoms. The molecule has 0 saturated heterocycles. The number of ether oxygens (including phenoxy) is 1. The largest absolute Gasteiger partial charge is 0.497 e. The quantitative estimate of drug-likeness (QED) is 0.346. The first-order valence-electron chi connectivity index (χ1n) is 13.0. The van der Waals surface area contributed by atoms with Crippen LogP contribution in [0.15, 0.2) is 77.7 Å². The van der Waals surface area contributed by atoms with E-state index >= 15 is 0 Å². The molecule has 0 aliphatic carbocycles. The van der Waals surface area contributed by atoms with E-state index in [1.807, 2.05) is 45.0 Å². The second-order valence-electron chi connectivity index (χ2n) is 9.93. The van der Waals surface area contributed by atoms with Crippen LogP contribution in [0.3, 0.4) is 0 Å². The maximum Gasteiger partial charge on any atom is 0.264 e. The van der Waals surface area contributed by atoms with Crippen LogP contribution in [0.5, 0.6) is 5.75 Å². The topological polar surface area (TPSA) is 96.0 Å². The molecule has 0 heterocycles. The van der Waals surface area contributed by atoms with E-state index in [1.165, 1.54) is 48.4 Å². The van der Waals surface area contributed by atoms with Crippen molar-refractivity contribution in [3.05, 3.63) is 89.7 Å². The van der Waals surface area contributed by atoms with Crippen molar-refractivity contribution in [3.8, 4) is 5.75 Å². The summed E-state index contributed by atoms with van der Waals surface area (Å²) in [6.45, 7) is 7.38. The van der Waals surface area contributed by atoms with E-state index in [9.17, 15) is 22.4 Å². The molecule has 0 bridgehead atoms. The molecule has 2 amide bonds. The van der Waals surface area contributed by atoms with Gasteiger partial charge in [0.2, 0.25) is 11.8 Å². The molecule has 1 atom stereocenters. The summed E-state index contributed by atoms with van der Waals surface area (Å²) in [5.41, 5.74) is 1.86. The van der Waals surface area contributed by atoms with Gasteiger partial charge in [-0.3, -0.25) is 13.9 Å². The molecular weight excluding hydrogens is 533 g/mol. The number of halogens is 1. The van der Waals surface area contributed by atoms with E-state index in [4.69, 9.17) is 4.74 Å². The molecule has 0 fully saturated rings. The van der Waals surface area contributed by atoms with Gasteiger partial charge in [-0.05, 0) is 79.4 Å². The van der Waals surface area contributed by atoms with E-state index in [1.54, 1.807) is 6.92 Å². The third-order valence-electron chi connectivity index (χ3n) is 6.49. The van der Waals surface area contributed by atoms with Crippen LogP contribution in [0.4, 0.5) is 10.1 Å². The van der Waals surface area contributed by atoms with Crippen molar-refractivity contribution in [1.82, 2.24) is 10.2 Å². The van der Waals surface area contributed by atoms with Gasteiger partial charge in [-0.15, -0.1) is 0 Å². The Hall–Kier alpha value is -3.92. The Labute approximate surface area is 235 Å². The van der Waals surface area contributed by atoms with Crippen LogP contribution >= 0.6 is 0 Å². The van der Waals surface area contributed by atoms with Gasteiger partial charge in [0.15, 0.2) is 0 Å². The van der Waals surface area contributed by atoms with Gasteiger partial charge in [0.25, 0.3) is 10.0 Å². The summed E-state index contributed by atoms with van der Waals surface area (Å²) < 4.78 is 47.4. The van der Waals surface area contributed by atoms with Crippen molar-refractivity contribution >= 4 is 27.5 Å². The van der Waals surface area contributed by atoms with Crippen molar-refractivity contribution in [2.24, 2.45) is 5.92 Å². The second-order valence-corrected chi connectivity index (χ2v) is 11.8. The van der Waals surface area contributed by atoms with Crippen LogP contribution in [-0.4, -0.2) is 51.4 Å². The van der Waals surface area contributed by atoms with Gasteiger partial charge in [-0.1, -0.05) is 38.1 Å². The molecule has 10 heteroatoms. The zero-order chi connectivity index (χ0) is 29.4. The first kappa shape index (κ1) is 30.6. The average Bonchev–Trinajstić information content (AvgIpc) is 2.94. The number of anilines is 1. The molecule has 214 valence electrons. The standard InChI is InChI=1S/C30H36FN3O5S/c1-21(2)18-32-30(36)23(4)33(19-24-9-7-6-8-22(24)3)29(35)20-34(26-12-10-25(31)11-13-26)40(37,38)28-16-14-27(39-5)15-17-28/h6-17,21,23H,18-20H2,1-5H3,(H,32,36)/t23-/m0/s1. The fraction of sp³-hybridized carbons (Fsp3) is 0.333. The van der Waals surface area contributed by atoms with Crippen molar-refractivity contribution in [2.45, 2.75) is 45.2 Å². The monoisotopic (exact) mass is 569 g/mol. The van der Waals surface area contributed by atoms with Gasteiger partial charge in [0, 0.05) is 13.1 Å². The van der Waals surface area contributed by atoms with E-state index in [0.717, 1.165) is 27.6 Å². The van der Waals surface area contributed by atoms with Gasteiger partial charge in [-0.2, -0.15) is 0 Å². The summed E-state index contributed by atoms with van der Waals surface area (Å²) in [5.74, 6) is -0.804. The molecule has 40 heavy (non-hydrogen) atoms. The Morgan fingerprint density at radius 2 is 1.57 bits per heavy atom. The highest BCUT2D eigenvalue weighted by molar-refractivity contribution is 7.92. The summed E-state index contributed by atoms with van der Waals surface area (Å²) >= 11 is 0. The Bertz CT molecular complexity index is 1410. The molecule has 1 N–H and O–H groups in total. The number of benzene rings is 3. The Morgan fingerprint density at radius 1 is 0.950 bits per heavy atom. The lowest BCUT2D eigenvalue weighted by atomic mass is 10.1. The molecule has 3 aromatic carbocycles. The predicted molar refractivity (Wildman–Crippen MR) is 153 cm³/mol. The molecule has 0 aromatic heterocycles. The number of amides is 2. The number of methoxy groups -OCH3 is 1. The maximum atomic E-state index is 13.9. The van der Waals surface area contributed by atoms with Crippen LogP contribution in [0.1, 0.15) is 31.9 Å². The third kappa shape index (κ3) is 7.59. The lowest BCUT2D eigenvalue weighted by molar-refractivity contribution is -0.139. The van der Waals surface area contributed by atoms with Crippen molar-refractivity contribution in [2.75, 3.05) is 24.5 Å². The molecule has 8 nitrogen and oxygen atoms in total. The van der Waals surface area contributed by atoms with Crippen LogP contribution in [0.25, 0.3) is 0 Å². The summed E-state index contributed by atoms with van der Waals surface area (Å²) in [7, 11) is -2.79. The van der Waals surface area contributed by atoms with Crippen molar-refractivity contribution < 1.29 is 27.1 Å². The molecule has 3 rings (SSSR count). The first-order valence-corrected chi connectivity index (χ1v) is 14.4. The average molecular weight is 570 g/mol. The Balaban J connectivity index is 2.02. The number of aryl methyl sites for hydroxylation is 1. The molecule has 0 unspecified atom stereocenters. The first-order chi connectivity index (χ1) is 18.9. The zero-order valence-corrected chi connectivity index (χ0v) is 24.2. The van der Waals surface area contributed by atoms with Crippen molar-refractivity contribution in [3.63, 3.8) is 0 Å². The zero-order valence-electron chi connectivity index (χ0n) is 23.4. The number of hydrogen-bond acceptors (Lipinski definition) is 5. The Kier molecular flexibility index (Phi) is 10.3.